The lowest BCUT2D eigenvalue weighted by Crippen LogP contribution is -2.38. The molecule has 0 bridgehead atoms. The first-order valence-corrected chi connectivity index (χ1v) is 11.4. The fraction of sp³-hybridized carbons (Fsp3) is 0.381. The molecule has 2 aromatic carbocycles. The maximum atomic E-state index is 12.8. The van der Waals surface area contributed by atoms with Crippen molar-refractivity contribution in [3.63, 3.8) is 0 Å². The number of carbonyl (C=O) groups is 1. The molecule has 11 heteroatoms. The molecule has 0 aliphatic carbocycles. The fourth-order valence-corrected chi connectivity index (χ4v) is 4.23. The number of rotatable bonds is 7. The summed E-state index contributed by atoms with van der Waals surface area (Å²) in [4.78, 5) is 15.4. The van der Waals surface area contributed by atoms with Gasteiger partial charge in [-0.1, -0.05) is 18.2 Å². The van der Waals surface area contributed by atoms with Crippen molar-refractivity contribution in [3.05, 3.63) is 59.7 Å². The second-order valence-electron chi connectivity index (χ2n) is 7.37. The molecule has 2 aromatic rings. The van der Waals surface area contributed by atoms with Crippen LogP contribution in [0.25, 0.3) is 0 Å². The van der Waals surface area contributed by atoms with Crippen LogP contribution in [0.1, 0.15) is 11.1 Å². The number of carbonyl (C=O) groups excluding carboxylic acids is 1. The highest BCUT2D eigenvalue weighted by molar-refractivity contribution is 7.89. The van der Waals surface area contributed by atoms with Crippen LogP contribution in [0, 0.1) is 0 Å². The summed E-state index contributed by atoms with van der Waals surface area (Å²) in [5.74, 6) is -0.516. The highest BCUT2D eigenvalue weighted by Crippen LogP contribution is 2.30. The molecule has 1 heterocycles. The number of hydrogen-bond acceptors (Lipinski definition) is 5. The molecule has 32 heavy (non-hydrogen) atoms. The normalized spacial score (nSPS) is 14.9. The van der Waals surface area contributed by atoms with Crippen LogP contribution < -0.4 is 9.62 Å². The van der Waals surface area contributed by atoms with Gasteiger partial charge in [0.1, 0.15) is 0 Å². The Kier molecular flexibility index (Phi) is 7.42. The lowest BCUT2D eigenvalue weighted by Gasteiger charge is -2.29. The van der Waals surface area contributed by atoms with E-state index in [9.17, 15) is 26.4 Å². The second-order valence-corrected chi connectivity index (χ2v) is 9.13. The summed E-state index contributed by atoms with van der Waals surface area (Å²) in [7, 11) is -2.75. The van der Waals surface area contributed by atoms with E-state index in [-0.39, 0.29) is 6.54 Å². The van der Waals surface area contributed by atoms with Crippen molar-refractivity contribution in [1.29, 1.82) is 0 Å². The molecule has 7 nitrogen and oxygen atoms in total. The lowest BCUT2D eigenvalue weighted by molar-refractivity contribution is -0.137. The summed E-state index contributed by atoms with van der Waals surface area (Å²) in [5, 5.41) is 0. The Morgan fingerprint density at radius 1 is 1.12 bits per heavy atom. The van der Waals surface area contributed by atoms with Crippen LogP contribution >= 0.6 is 0 Å². The summed E-state index contributed by atoms with van der Waals surface area (Å²) in [6.07, 6.45) is -4.67. The van der Waals surface area contributed by atoms with E-state index in [1.165, 1.54) is 11.9 Å². The number of nitrogens with zero attached hydrogens (tertiary/aromatic N) is 2. The van der Waals surface area contributed by atoms with Crippen molar-refractivity contribution in [2.24, 2.45) is 0 Å². The number of nitrogens with one attached hydrogen (secondary N) is 1. The molecule has 0 aromatic heterocycles. The average Bonchev–Trinajstić information content (AvgIpc) is 2.78. The van der Waals surface area contributed by atoms with Gasteiger partial charge in [0.15, 0.2) is 0 Å². The highest BCUT2D eigenvalue weighted by atomic mass is 32.2. The Hall–Kier alpha value is -2.63. The summed E-state index contributed by atoms with van der Waals surface area (Å²) in [6, 6.07) is 11.1. The molecule has 0 atom stereocenters. The van der Waals surface area contributed by atoms with Gasteiger partial charge in [-0.15, -0.1) is 0 Å². The molecule has 0 unspecified atom stereocenters. The van der Waals surface area contributed by atoms with Crippen molar-refractivity contribution >= 4 is 21.6 Å². The minimum Gasteiger partial charge on any atom is -0.378 e. The van der Waals surface area contributed by atoms with E-state index < -0.39 is 39.1 Å². The quantitative estimate of drug-likeness (QED) is 0.671. The predicted molar refractivity (Wildman–Crippen MR) is 113 cm³/mol. The van der Waals surface area contributed by atoms with Crippen molar-refractivity contribution < 1.29 is 31.1 Å². The number of likely N-dealkylation sites (N-methyl/N-ethyl adjacent to an activating group) is 1. The third kappa shape index (κ3) is 6.21. The van der Waals surface area contributed by atoms with Crippen LogP contribution in [0.4, 0.5) is 18.9 Å². The van der Waals surface area contributed by atoms with Gasteiger partial charge in [-0.05, 0) is 35.9 Å². The summed E-state index contributed by atoms with van der Waals surface area (Å²) < 4.78 is 70.5. The van der Waals surface area contributed by atoms with E-state index in [2.05, 4.69) is 9.62 Å². The number of amides is 1. The maximum Gasteiger partial charge on any atom is 0.416 e. The zero-order valence-electron chi connectivity index (χ0n) is 17.4. The van der Waals surface area contributed by atoms with Crippen LogP contribution in [0.5, 0.6) is 0 Å². The Balaban J connectivity index is 1.56. The molecule has 1 aliphatic rings. The van der Waals surface area contributed by atoms with E-state index in [4.69, 9.17) is 4.74 Å². The molecule has 1 fully saturated rings. The smallest absolute Gasteiger partial charge is 0.378 e. The van der Waals surface area contributed by atoms with Crippen molar-refractivity contribution in [2.45, 2.75) is 17.6 Å². The van der Waals surface area contributed by atoms with Crippen LogP contribution in [-0.2, 0) is 32.3 Å². The molecule has 1 N–H and O–H groups in total. The number of alkyl halides is 3. The van der Waals surface area contributed by atoms with E-state index >= 15 is 0 Å². The SMILES string of the molecule is CN(Cc1ccc(N2CCOCC2)cc1)C(=O)CNS(=O)(=O)c1cccc(C(F)(F)F)c1. The minimum atomic E-state index is -4.67. The Bertz CT molecular complexity index is 1040. The average molecular weight is 472 g/mol. The molecular weight excluding hydrogens is 447 g/mol. The second kappa shape index (κ2) is 9.88. The molecule has 0 saturated carbocycles. The van der Waals surface area contributed by atoms with Crippen LogP contribution in [-0.4, -0.2) is 59.1 Å². The number of morpholine rings is 1. The largest absolute Gasteiger partial charge is 0.416 e. The third-order valence-corrected chi connectivity index (χ3v) is 6.44. The topological polar surface area (TPSA) is 79.0 Å². The molecule has 0 radical (unpaired) electrons. The van der Waals surface area contributed by atoms with Gasteiger partial charge in [0.2, 0.25) is 15.9 Å². The number of anilines is 1. The highest BCUT2D eigenvalue weighted by Gasteiger charge is 2.31. The molecule has 3 rings (SSSR count). The first kappa shape index (κ1) is 24.0. The van der Waals surface area contributed by atoms with Gasteiger partial charge in [-0.25, -0.2) is 13.1 Å². The zero-order chi connectivity index (χ0) is 23.4. The molecule has 1 amide bonds. The van der Waals surface area contributed by atoms with Gasteiger partial charge >= 0.3 is 6.18 Å². The fourth-order valence-electron chi connectivity index (χ4n) is 3.21. The minimum absolute atomic E-state index is 0.257. The van der Waals surface area contributed by atoms with Crippen molar-refractivity contribution in [2.75, 3.05) is 44.8 Å². The Labute approximate surface area is 184 Å². The van der Waals surface area contributed by atoms with Gasteiger partial charge in [-0.3, -0.25) is 4.79 Å². The third-order valence-electron chi connectivity index (χ3n) is 5.04. The van der Waals surface area contributed by atoms with Gasteiger partial charge in [0.05, 0.1) is 30.2 Å². The molecule has 174 valence electrons. The number of ether oxygens (including phenoxy) is 1. The zero-order valence-corrected chi connectivity index (χ0v) is 18.2. The summed E-state index contributed by atoms with van der Waals surface area (Å²) in [6.45, 7) is 2.66. The van der Waals surface area contributed by atoms with Gasteiger partial charge in [-0.2, -0.15) is 13.2 Å². The van der Waals surface area contributed by atoms with Gasteiger partial charge in [0.25, 0.3) is 0 Å². The summed E-state index contributed by atoms with van der Waals surface area (Å²) >= 11 is 0. The van der Waals surface area contributed by atoms with Crippen LogP contribution in [0.3, 0.4) is 0 Å². The Morgan fingerprint density at radius 2 is 1.78 bits per heavy atom. The first-order valence-electron chi connectivity index (χ1n) is 9.89. The number of hydrogen-bond donors (Lipinski definition) is 1. The standard InChI is InChI=1S/C21H24F3N3O4S/c1-26(15-16-5-7-18(8-6-16)27-9-11-31-12-10-27)20(28)14-25-32(29,30)19-4-2-3-17(13-19)21(22,23)24/h2-8,13,25H,9-12,14-15H2,1H3. The van der Waals surface area contributed by atoms with E-state index in [1.54, 1.807) is 0 Å². The molecule has 1 aliphatic heterocycles. The van der Waals surface area contributed by atoms with Crippen molar-refractivity contribution in [1.82, 2.24) is 9.62 Å². The van der Waals surface area contributed by atoms with Crippen molar-refractivity contribution in [3.8, 4) is 0 Å². The first-order chi connectivity index (χ1) is 15.1. The maximum absolute atomic E-state index is 12.8. The predicted octanol–water partition coefficient (Wildman–Crippen LogP) is 2.48. The Morgan fingerprint density at radius 3 is 2.41 bits per heavy atom. The molecule has 1 saturated heterocycles. The lowest BCUT2D eigenvalue weighted by atomic mass is 10.1. The van der Waals surface area contributed by atoms with E-state index in [0.717, 1.165) is 42.5 Å². The van der Waals surface area contributed by atoms with Crippen LogP contribution in [0.15, 0.2) is 53.4 Å². The number of benzene rings is 2. The van der Waals surface area contributed by atoms with Gasteiger partial charge in [0, 0.05) is 32.4 Å². The number of sulfonamides is 1. The van der Waals surface area contributed by atoms with Crippen LogP contribution in [0.2, 0.25) is 0 Å². The monoisotopic (exact) mass is 471 g/mol. The molecule has 0 spiro atoms. The van der Waals surface area contributed by atoms with E-state index in [0.29, 0.717) is 19.3 Å². The number of halogens is 3. The summed E-state index contributed by atoms with van der Waals surface area (Å²) in [5.41, 5.74) is 0.836. The molecular formula is C21H24F3N3O4S. The van der Waals surface area contributed by atoms with E-state index in [1.807, 2.05) is 24.3 Å². The van der Waals surface area contributed by atoms with Gasteiger partial charge < -0.3 is 14.5 Å².